The van der Waals surface area contributed by atoms with Crippen molar-refractivity contribution in [1.82, 2.24) is 39.7 Å². The number of carbonyl (C=O) groups is 2. The van der Waals surface area contributed by atoms with Crippen molar-refractivity contribution in [3.8, 4) is 28.1 Å². The lowest BCUT2D eigenvalue weighted by Gasteiger charge is -2.15. The monoisotopic (exact) mass is 614 g/mol. The Morgan fingerprint density at radius 1 is 1.05 bits per heavy atom. The molecule has 0 radical (unpaired) electrons. The van der Waals surface area contributed by atoms with Gasteiger partial charge in [0.05, 0.1) is 23.6 Å². The van der Waals surface area contributed by atoms with Crippen LogP contribution in [-0.4, -0.2) is 68.1 Å². The number of nitrogens with one attached hydrogen (secondary N) is 1. The van der Waals surface area contributed by atoms with Gasteiger partial charge in [0, 0.05) is 34.1 Å². The molecule has 4 aromatic heterocycles. The number of halogens is 4. The lowest BCUT2D eigenvalue weighted by molar-refractivity contribution is -0.192. The van der Waals surface area contributed by atoms with Crippen LogP contribution in [0.3, 0.4) is 0 Å². The summed E-state index contributed by atoms with van der Waals surface area (Å²) in [6, 6.07) is 11.8. The Labute approximate surface area is 243 Å². The number of carboxylic acids is 2. The van der Waals surface area contributed by atoms with Gasteiger partial charge >= 0.3 is 18.1 Å². The summed E-state index contributed by atoms with van der Waals surface area (Å²) in [7, 11) is 0. The van der Waals surface area contributed by atoms with Crippen molar-refractivity contribution in [3.05, 3.63) is 93.8 Å². The van der Waals surface area contributed by atoms with E-state index in [2.05, 4.69) is 30.5 Å². The number of hydrogen-bond acceptors (Lipinski definition) is 8. The van der Waals surface area contributed by atoms with Crippen molar-refractivity contribution in [1.29, 1.82) is 0 Å². The summed E-state index contributed by atoms with van der Waals surface area (Å²) in [5.41, 5.74) is 4.13. The molecule has 5 heterocycles. The molecule has 0 amide bonds. The van der Waals surface area contributed by atoms with Gasteiger partial charge in [-0.1, -0.05) is 11.6 Å². The molecule has 0 saturated carbocycles. The summed E-state index contributed by atoms with van der Waals surface area (Å²) in [6.45, 7) is 0. The highest BCUT2D eigenvalue weighted by atomic mass is 35.5. The first kappa shape index (κ1) is 29.1. The second-order valence-corrected chi connectivity index (χ2v) is 9.57. The number of hydrogen-bond donors (Lipinski definition) is 3. The van der Waals surface area contributed by atoms with Gasteiger partial charge in [0.15, 0.2) is 0 Å². The molecule has 0 fully saturated rings. The topological polar surface area (TPSA) is 182 Å². The zero-order valence-corrected chi connectivity index (χ0v) is 22.3. The van der Waals surface area contributed by atoms with Crippen LogP contribution >= 0.6 is 11.6 Å². The van der Waals surface area contributed by atoms with Gasteiger partial charge in [-0.2, -0.15) is 17.9 Å². The Morgan fingerprint density at radius 2 is 1.81 bits per heavy atom. The van der Waals surface area contributed by atoms with Crippen LogP contribution in [-0.2, 0) is 11.2 Å². The number of aromatic amines is 1. The first-order valence-corrected chi connectivity index (χ1v) is 12.6. The quantitative estimate of drug-likeness (QED) is 0.263. The van der Waals surface area contributed by atoms with Gasteiger partial charge in [0.1, 0.15) is 17.8 Å². The first-order valence-electron chi connectivity index (χ1n) is 12.3. The first-order chi connectivity index (χ1) is 20.4. The number of carboxylic acid groups (broad SMARTS) is 2. The number of benzene rings is 1. The van der Waals surface area contributed by atoms with Gasteiger partial charge < -0.3 is 19.8 Å². The fourth-order valence-electron chi connectivity index (χ4n) is 4.59. The Balaban J connectivity index is 0.000000472. The van der Waals surface area contributed by atoms with E-state index in [0.717, 1.165) is 16.8 Å². The highest BCUT2D eigenvalue weighted by Crippen LogP contribution is 2.34. The molecule has 0 saturated heterocycles. The van der Waals surface area contributed by atoms with Crippen molar-refractivity contribution < 1.29 is 33.0 Å². The molecule has 1 aliphatic heterocycles. The van der Waals surface area contributed by atoms with E-state index in [1.54, 1.807) is 41.1 Å². The Kier molecular flexibility index (Phi) is 7.78. The molecule has 3 N–H and O–H groups in total. The molecule has 220 valence electrons. The summed E-state index contributed by atoms with van der Waals surface area (Å²) >= 11 is 6.28. The summed E-state index contributed by atoms with van der Waals surface area (Å²) in [6.07, 6.45) is 0.855. The molecular formula is C26H18ClF3N8O5. The minimum absolute atomic E-state index is 0.0549. The van der Waals surface area contributed by atoms with Crippen molar-refractivity contribution in [2.24, 2.45) is 0 Å². The second-order valence-electron chi connectivity index (χ2n) is 9.13. The number of tetrazole rings is 1. The zero-order chi connectivity index (χ0) is 30.9. The van der Waals surface area contributed by atoms with Crippen LogP contribution in [0.4, 0.5) is 13.2 Å². The number of aromatic carboxylic acids is 1. The van der Waals surface area contributed by atoms with Crippen molar-refractivity contribution in [2.75, 3.05) is 0 Å². The highest BCUT2D eigenvalue weighted by Gasteiger charge is 2.38. The van der Waals surface area contributed by atoms with E-state index >= 15 is 0 Å². The van der Waals surface area contributed by atoms with Gasteiger partial charge in [-0.3, -0.25) is 4.79 Å². The number of imidazole rings is 1. The molecule has 1 aliphatic rings. The molecule has 0 spiro atoms. The summed E-state index contributed by atoms with van der Waals surface area (Å²) in [5.74, 6) is -3.23. The third kappa shape index (κ3) is 6.13. The number of fused-ring (bicyclic) bond motifs is 1. The van der Waals surface area contributed by atoms with Gasteiger partial charge in [0.2, 0.25) is 0 Å². The maximum Gasteiger partial charge on any atom is 0.490 e. The fourth-order valence-corrected chi connectivity index (χ4v) is 4.76. The average Bonchev–Trinajstić information content (AvgIpc) is 3.74. The van der Waals surface area contributed by atoms with E-state index in [0.29, 0.717) is 40.6 Å². The number of aromatic nitrogens is 8. The van der Waals surface area contributed by atoms with E-state index < -0.39 is 18.1 Å². The Bertz CT molecular complexity index is 1890. The lowest BCUT2D eigenvalue weighted by Crippen LogP contribution is -2.23. The molecule has 13 nitrogen and oxygen atoms in total. The van der Waals surface area contributed by atoms with E-state index in [9.17, 15) is 27.9 Å². The number of nitrogens with zero attached hydrogens (tertiary/aromatic N) is 7. The van der Waals surface area contributed by atoms with E-state index in [1.165, 1.54) is 23.3 Å². The van der Waals surface area contributed by atoms with Gasteiger partial charge in [0.25, 0.3) is 5.56 Å². The Morgan fingerprint density at radius 3 is 2.49 bits per heavy atom. The number of pyridine rings is 2. The second kappa shape index (κ2) is 11.5. The number of aryl methyl sites for hydroxylation is 1. The molecule has 6 rings (SSSR count). The largest absolute Gasteiger partial charge is 0.490 e. The maximum atomic E-state index is 13.3. The van der Waals surface area contributed by atoms with Crippen molar-refractivity contribution in [2.45, 2.75) is 25.1 Å². The molecular weight excluding hydrogens is 597 g/mol. The molecule has 0 unspecified atom stereocenters. The minimum atomic E-state index is -5.08. The molecule has 0 aliphatic carbocycles. The van der Waals surface area contributed by atoms with E-state index in [-0.39, 0.29) is 17.3 Å². The number of rotatable bonds is 5. The van der Waals surface area contributed by atoms with Crippen LogP contribution in [0.25, 0.3) is 28.1 Å². The van der Waals surface area contributed by atoms with E-state index in [1.807, 2.05) is 6.07 Å². The molecule has 43 heavy (non-hydrogen) atoms. The maximum absolute atomic E-state index is 13.3. The third-order valence-electron chi connectivity index (χ3n) is 6.44. The summed E-state index contributed by atoms with van der Waals surface area (Å²) in [4.78, 5) is 45.1. The summed E-state index contributed by atoms with van der Waals surface area (Å²) < 4.78 is 35.0. The standard InChI is InChI=1S/C24H17ClN8O3.C2HF3O2/c25-15-1-3-20(32-12-28-30-31-32)17(10-15)14-7-16-2-4-21(33(16)22(34)9-14)23-27-11-19(29-23)13-5-6-26-18(8-13)24(35)36;3-2(4,5)1(6)7/h1,3,5-12,21H,2,4H2,(H,27,29)(H,35,36);(H,6,7)/t21-;/m0./s1. The SMILES string of the molecule is O=C(O)C(F)(F)F.O=C(O)c1cc(-c2cnc([C@@H]3CCc4cc(-c5cc(Cl)ccc5-n5cnnn5)cc(=O)n43)[nH]2)ccn1. The summed E-state index contributed by atoms with van der Waals surface area (Å²) in [5, 5.41) is 28.3. The predicted octanol–water partition coefficient (Wildman–Crippen LogP) is 3.80. The third-order valence-corrected chi connectivity index (χ3v) is 6.68. The molecule has 17 heteroatoms. The molecule has 1 atom stereocenters. The number of aliphatic carboxylic acids is 1. The van der Waals surface area contributed by atoms with Crippen LogP contribution in [0.1, 0.15) is 34.5 Å². The molecule has 5 aromatic rings. The van der Waals surface area contributed by atoms with Gasteiger partial charge in [-0.15, -0.1) is 5.10 Å². The van der Waals surface area contributed by atoms with Crippen LogP contribution in [0.5, 0.6) is 0 Å². The fraction of sp³-hybridized carbons (Fsp3) is 0.154. The van der Waals surface area contributed by atoms with Gasteiger partial charge in [-0.05, 0) is 65.2 Å². The Hall–Kier alpha value is -5.38. The predicted molar refractivity (Wildman–Crippen MR) is 143 cm³/mol. The van der Waals surface area contributed by atoms with Crippen LogP contribution in [0.15, 0.2) is 66.0 Å². The van der Waals surface area contributed by atoms with Crippen LogP contribution in [0, 0.1) is 0 Å². The minimum Gasteiger partial charge on any atom is -0.477 e. The molecule has 1 aromatic carbocycles. The normalized spacial score (nSPS) is 14.1. The van der Waals surface area contributed by atoms with E-state index in [4.69, 9.17) is 21.5 Å². The molecule has 0 bridgehead atoms. The highest BCUT2D eigenvalue weighted by molar-refractivity contribution is 6.31. The smallest absolute Gasteiger partial charge is 0.477 e. The van der Waals surface area contributed by atoms with Gasteiger partial charge in [-0.25, -0.2) is 19.6 Å². The van der Waals surface area contributed by atoms with Crippen molar-refractivity contribution in [3.63, 3.8) is 0 Å². The lowest BCUT2D eigenvalue weighted by atomic mass is 10.0. The van der Waals surface area contributed by atoms with Crippen molar-refractivity contribution >= 4 is 23.5 Å². The average molecular weight is 615 g/mol. The van der Waals surface area contributed by atoms with Crippen LogP contribution < -0.4 is 5.56 Å². The number of H-pyrrole nitrogens is 1. The van der Waals surface area contributed by atoms with Crippen LogP contribution in [0.2, 0.25) is 5.02 Å². The number of alkyl halides is 3. The zero-order valence-electron chi connectivity index (χ0n) is 21.5.